The van der Waals surface area contributed by atoms with Crippen LogP contribution in [0, 0.1) is 5.92 Å². The lowest BCUT2D eigenvalue weighted by molar-refractivity contribution is -0.130. The van der Waals surface area contributed by atoms with Crippen molar-refractivity contribution >= 4 is 24.2 Å². The highest BCUT2D eigenvalue weighted by Gasteiger charge is 2.30. The van der Waals surface area contributed by atoms with E-state index in [4.69, 9.17) is 5.73 Å². The van der Waals surface area contributed by atoms with Crippen LogP contribution in [0.15, 0.2) is 0 Å². The first kappa shape index (κ1) is 17.2. The zero-order valence-electron chi connectivity index (χ0n) is 12.1. The molecule has 20 heavy (non-hydrogen) atoms. The van der Waals surface area contributed by atoms with Gasteiger partial charge in [-0.05, 0) is 25.7 Å². The molecule has 0 aromatic rings. The maximum Gasteiger partial charge on any atom is 0.223 e. The van der Waals surface area contributed by atoms with Crippen LogP contribution in [0.2, 0.25) is 0 Å². The van der Waals surface area contributed by atoms with E-state index in [2.05, 4.69) is 5.32 Å². The fourth-order valence-corrected chi connectivity index (χ4v) is 3.11. The average molecular weight is 304 g/mol. The number of halogens is 1. The largest absolute Gasteiger partial charge is 0.351 e. The first-order valence-electron chi connectivity index (χ1n) is 7.44. The summed E-state index contributed by atoms with van der Waals surface area (Å²) in [5.74, 6) is 0.377. The minimum absolute atomic E-state index is 0. The smallest absolute Gasteiger partial charge is 0.223 e. The molecule has 3 unspecified atom stereocenters. The Morgan fingerprint density at radius 2 is 2.05 bits per heavy atom. The number of nitrogens with one attached hydrogen (secondary N) is 1. The molecule has 0 aromatic carbocycles. The van der Waals surface area contributed by atoms with Crippen molar-refractivity contribution in [1.29, 1.82) is 0 Å². The van der Waals surface area contributed by atoms with Gasteiger partial charge in [-0.3, -0.25) is 9.59 Å². The maximum atomic E-state index is 12.2. The molecule has 0 radical (unpaired) electrons. The van der Waals surface area contributed by atoms with Gasteiger partial charge in [-0.15, -0.1) is 12.4 Å². The van der Waals surface area contributed by atoms with Crippen molar-refractivity contribution in [3.8, 4) is 0 Å². The lowest BCUT2D eigenvalue weighted by Gasteiger charge is -2.27. The second-order valence-corrected chi connectivity index (χ2v) is 5.81. The molecule has 1 saturated heterocycles. The van der Waals surface area contributed by atoms with Crippen LogP contribution in [-0.2, 0) is 9.59 Å². The van der Waals surface area contributed by atoms with Crippen LogP contribution >= 0.6 is 12.4 Å². The Morgan fingerprint density at radius 3 is 2.70 bits per heavy atom. The van der Waals surface area contributed by atoms with Gasteiger partial charge >= 0.3 is 0 Å². The van der Waals surface area contributed by atoms with E-state index in [0.717, 1.165) is 38.6 Å². The highest BCUT2D eigenvalue weighted by molar-refractivity contribution is 5.85. The monoisotopic (exact) mass is 303 g/mol. The summed E-state index contributed by atoms with van der Waals surface area (Å²) in [6.45, 7) is 3.30. The third-order valence-corrected chi connectivity index (χ3v) is 4.28. The average Bonchev–Trinajstić information content (AvgIpc) is 2.86. The molecule has 1 heterocycles. The summed E-state index contributed by atoms with van der Waals surface area (Å²) in [7, 11) is 0. The minimum Gasteiger partial charge on any atom is -0.351 e. The minimum atomic E-state index is 0. The molecular weight excluding hydrogens is 278 g/mol. The number of carbonyl (C=O) groups excluding carboxylic acids is 2. The predicted octanol–water partition coefficient (Wildman–Crippen LogP) is 1.05. The second-order valence-electron chi connectivity index (χ2n) is 5.81. The summed E-state index contributed by atoms with van der Waals surface area (Å²) >= 11 is 0. The number of carbonyl (C=O) groups is 2. The number of nitrogens with zero attached hydrogens (tertiary/aromatic N) is 1. The Labute approximate surface area is 127 Å². The molecular formula is C14H26ClN3O2. The lowest BCUT2D eigenvalue weighted by atomic mass is 9.85. The molecule has 3 N–H and O–H groups in total. The highest BCUT2D eigenvalue weighted by atomic mass is 35.5. The van der Waals surface area contributed by atoms with Gasteiger partial charge in [0.25, 0.3) is 0 Å². The van der Waals surface area contributed by atoms with E-state index in [9.17, 15) is 9.59 Å². The predicted molar refractivity (Wildman–Crippen MR) is 80.6 cm³/mol. The summed E-state index contributed by atoms with van der Waals surface area (Å²) in [4.78, 5) is 25.6. The number of amides is 2. The molecule has 1 aliphatic carbocycles. The summed E-state index contributed by atoms with van der Waals surface area (Å²) in [6.07, 6.45) is 5.24. The van der Waals surface area contributed by atoms with Crippen LogP contribution in [0.1, 0.15) is 45.4 Å². The van der Waals surface area contributed by atoms with E-state index in [-0.39, 0.29) is 42.2 Å². The third-order valence-electron chi connectivity index (χ3n) is 4.28. The molecule has 1 aliphatic heterocycles. The first-order chi connectivity index (χ1) is 9.10. The van der Waals surface area contributed by atoms with Crippen LogP contribution in [-0.4, -0.2) is 41.9 Å². The normalized spacial score (nSPS) is 29.7. The Kier molecular flexibility index (Phi) is 6.76. The fraction of sp³-hybridized carbons (Fsp3) is 0.857. The molecule has 0 aromatic heterocycles. The molecule has 2 rings (SSSR count). The van der Waals surface area contributed by atoms with Gasteiger partial charge < -0.3 is 16.0 Å². The second kappa shape index (κ2) is 7.84. The maximum absolute atomic E-state index is 12.2. The Hall–Kier alpha value is -0.810. The quantitative estimate of drug-likeness (QED) is 0.818. The van der Waals surface area contributed by atoms with Crippen LogP contribution in [0.25, 0.3) is 0 Å². The van der Waals surface area contributed by atoms with E-state index >= 15 is 0 Å². The van der Waals surface area contributed by atoms with Crippen LogP contribution in [0.4, 0.5) is 0 Å². The molecule has 116 valence electrons. The lowest BCUT2D eigenvalue weighted by Crippen LogP contribution is -2.43. The van der Waals surface area contributed by atoms with Gasteiger partial charge in [0.1, 0.15) is 0 Å². The Bertz CT molecular complexity index is 351. The van der Waals surface area contributed by atoms with Gasteiger partial charge in [0, 0.05) is 37.5 Å². The summed E-state index contributed by atoms with van der Waals surface area (Å²) < 4.78 is 0. The molecule has 2 amide bonds. The van der Waals surface area contributed by atoms with Crippen molar-refractivity contribution in [3.63, 3.8) is 0 Å². The number of likely N-dealkylation sites (tertiary alicyclic amines) is 1. The Morgan fingerprint density at radius 1 is 1.30 bits per heavy atom. The SMILES string of the molecule is CCC(=O)N1CCC(NC(=O)C2CCCC(N)C2)C1.Cl. The van der Waals surface area contributed by atoms with Gasteiger partial charge in [-0.1, -0.05) is 13.3 Å². The van der Waals surface area contributed by atoms with E-state index in [1.165, 1.54) is 0 Å². The standard InChI is InChI=1S/C14H25N3O2.ClH/c1-2-13(18)17-7-6-12(9-17)16-14(19)10-4-3-5-11(15)8-10;/h10-12H,2-9,15H2,1H3,(H,16,19);1H. The van der Waals surface area contributed by atoms with E-state index in [1.54, 1.807) is 0 Å². The van der Waals surface area contributed by atoms with Crippen molar-refractivity contribution in [2.24, 2.45) is 11.7 Å². The van der Waals surface area contributed by atoms with E-state index < -0.39 is 0 Å². The summed E-state index contributed by atoms with van der Waals surface area (Å²) in [6, 6.07) is 0.299. The molecule has 5 nitrogen and oxygen atoms in total. The molecule has 3 atom stereocenters. The van der Waals surface area contributed by atoms with Crippen LogP contribution < -0.4 is 11.1 Å². The van der Waals surface area contributed by atoms with E-state index in [1.807, 2.05) is 11.8 Å². The summed E-state index contributed by atoms with van der Waals surface area (Å²) in [5, 5.41) is 3.09. The van der Waals surface area contributed by atoms with Gasteiger partial charge in [-0.25, -0.2) is 0 Å². The zero-order chi connectivity index (χ0) is 13.8. The van der Waals surface area contributed by atoms with Crippen molar-refractivity contribution in [1.82, 2.24) is 10.2 Å². The molecule has 6 heteroatoms. The Balaban J connectivity index is 0.00000200. The number of rotatable bonds is 3. The molecule has 1 saturated carbocycles. The van der Waals surface area contributed by atoms with Crippen LogP contribution in [0.5, 0.6) is 0 Å². The van der Waals surface area contributed by atoms with Crippen molar-refractivity contribution < 1.29 is 9.59 Å². The zero-order valence-corrected chi connectivity index (χ0v) is 13.0. The molecule has 0 bridgehead atoms. The van der Waals surface area contributed by atoms with Crippen molar-refractivity contribution in [3.05, 3.63) is 0 Å². The fourth-order valence-electron chi connectivity index (χ4n) is 3.11. The molecule has 2 fully saturated rings. The first-order valence-corrected chi connectivity index (χ1v) is 7.44. The van der Waals surface area contributed by atoms with Crippen molar-refractivity contribution in [2.45, 2.75) is 57.5 Å². The third kappa shape index (κ3) is 4.35. The van der Waals surface area contributed by atoms with Gasteiger partial charge in [-0.2, -0.15) is 0 Å². The molecule has 2 aliphatic rings. The van der Waals surface area contributed by atoms with E-state index in [0.29, 0.717) is 13.0 Å². The number of nitrogens with two attached hydrogens (primary N) is 1. The van der Waals surface area contributed by atoms with Crippen molar-refractivity contribution in [2.75, 3.05) is 13.1 Å². The van der Waals surface area contributed by atoms with Gasteiger partial charge in [0.15, 0.2) is 0 Å². The van der Waals surface area contributed by atoms with Gasteiger partial charge in [0.05, 0.1) is 0 Å². The molecule has 0 spiro atoms. The van der Waals surface area contributed by atoms with Crippen LogP contribution in [0.3, 0.4) is 0 Å². The van der Waals surface area contributed by atoms with Gasteiger partial charge in [0.2, 0.25) is 11.8 Å². The highest BCUT2D eigenvalue weighted by Crippen LogP contribution is 2.23. The summed E-state index contributed by atoms with van der Waals surface area (Å²) in [5.41, 5.74) is 5.92. The topological polar surface area (TPSA) is 75.4 Å². The number of hydrogen-bond acceptors (Lipinski definition) is 3. The number of hydrogen-bond donors (Lipinski definition) is 2.